The number of aliphatic hydroxyl groups is 1. The number of hydrogen-bond acceptors (Lipinski definition) is 5. The SMILES string of the molecule is CC(C)(O)C(=O)N1CCN(C(=O)c2cnc(/C(=C\C(=N)c3ccc(F)cc3)C3(C)CC3)[nH]2)C(C)(C)C1. The highest BCUT2D eigenvalue weighted by Gasteiger charge is 2.44. The van der Waals surface area contributed by atoms with Crippen molar-refractivity contribution in [2.45, 2.75) is 58.6 Å². The summed E-state index contributed by atoms with van der Waals surface area (Å²) in [6, 6.07) is 5.80. The van der Waals surface area contributed by atoms with Crippen LogP contribution in [0, 0.1) is 16.6 Å². The van der Waals surface area contributed by atoms with Gasteiger partial charge in [-0.3, -0.25) is 9.59 Å². The van der Waals surface area contributed by atoms with E-state index in [1.165, 1.54) is 32.2 Å². The minimum atomic E-state index is -1.47. The number of rotatable bonds is 6. The first-order valence-electron chi connectivity index (χ1n) is 12.2. The van der Waals surface area contributed by atoms with Gasteiger partial charge in [0.05, 0.1) is 17.4 Å². The molecule has 2 amide bonds. The molecule has 0 spiro atoms. The van der Waals surface area contributed by atoms with Gasteiger partial charge in [-0.2, -0.15) is 0 Å². The number of aromatic amines is 1. The van der Waals surface area contributed by atoms with E-state index in [0.717, 1.165) is 18.4 Å². The highest BCUT2D eigenvalue weighted by molar-refractivity contribution is 6.10. The van der Waals surface area contributed by atoms with E-state index in [2.05, 4.69) is 16.9 Å². The van der Waals surface area contributed by atoms with Gasteiger partial charge in [0.2, 0.25) is 0 Å². The fraction of sp³-hybridized carbons (Fsp3) is 0.481. The van der Waals surface area contributed by atoms with Gasteiger partial charge in [-0.15, -0.1) is 0 Å². The molecule has 1 aromatic heterocycles. The summed E-state index contributed by atoms with van der Waals surface area (Å²) in [6.07, 6.45) is 5.16. The third-order valence-electron chi connectivity index (χ3n) is 7.11. The maximum Gasteiger partial charge on any atom is 0.272 e. The monoisotopic (exact) mass is 495 g/mol. The number of H-pyrrole nitrogens is 1. The van der Waals surface area contributed by atoms with Crippen LogP contribution in [0.3, 0.4) is 0 Å². The number of halogens is 1. The molecule has 2 heterocycles. The van der Waals surface area contributed by atoms with E-state index < -0.39 is 11.1 Å². The number of nitrogens with one attached hydrogen (secondary N) is 2. The number of amides is 2. The number of benzene rings is 1. The molecule has 1 aliphatic carbocycles. The van der Waals surface area contributed by atoms with E-state index in [9.17, 15) is 19.1 Å². The van der Waals surface area contributed by atoms with Crippen LogP contribution in [0.2, 0.25) is 0 Å². The van der Waals surface area contributed by atoms with Crippen LogP contribution in [0.4, 0.5) is 4.39 Å². The summed E-state index contributed by atoms with van der Waals surface area (Å²) in [7, 11) is 0. The first-order valence-corrected chi connectivity index (χ1v) is 12.2. The van der Waals surface area contributed by atoms with Crippen molar-refractivity contribution in [1.82, 2.24) is 19.8 Å². The zero-order valence-electron chi connectivity index (χ0n) is 21.5. The highest BCUT2D eigenvalue weighted by atomic mass is 19.1. The number of carbonyl (C=O) groups excluding carboxylic acids is 2. The lowest BCUT2D eigenvalue weighted by Gasteiger charge is -2.47. The quantitative estimate of drug-likeness (QED) is 0.531. The normalized spacial score (nSPS) is 19.2. The van der Waals surface area contributed by atoms with Crippen LogP contribution in [0.1, 0.15) is 69.3 Å². The number of aromatic nitrogens is 2. The Morgan fingerprint density at radius 1 is 1.17 bits per heavy atom. The molecule has 36 heavy (non-hydrogen) atoms. The van der Waals surface area contributed by atoms with E-state index in [-0.39, 0.29) is 28.8 Å². The molecule has 1 saturated carbocycles. The minimum Gasteiger partial charge on any atom is -0.381 e. The van der Waals surface area contributed by atoms with Crippen LogP contribution in [-0.2, 0) is 4.79 Å². The topological polar surface area (TPSA) is 113 Å². The summed E-state index contributed by atoms with van der Waals surface area (Å²) >= 11 is 0. The Hall–Kier alpha value is -3.33. The predicted molar refractivity (Wildman–Crippen MR) is 135 cm³/mol. The molecule has 0 unspecified atom stereocenters. The number of imidazole rings is 1. The van der Waals surface area contributed by atoms with Gasteiger partial charge in [0.15, 0.2) is 0 Å². The largest absolute Gasteiger partial charge is 0.381 e. The average molecular weight is 496 g/mol. The molecule has 2 aliphatic rings. The van der Waals surface area contributed by atoms with Crippen molar-refractivity contribution in [2.75, 3.05) is 19.6 Å². The standard InChI is InChI=1S/C27H34FN5O3/c1-25(2)16-32(24(35)26(3,4)36)12-13-33(25)23(34)21-15-30-22(31-21)19(27(5)10-11-27)14-20(29)17-6-8-18(28)9-7-17/h6-9,14-15,29,36H,10-13,16H2,1-5H3,(H,30,31)/b19-14+,29-20?. The Kier molecular flexibility index (Phi) is 6.41. The molecule has 1 aliphatic heterocycles. The second-order valence-corrected chi connectivity index (χ2v) is 11.2. The van der Waals surface area contributed by atoms with Crippen molar-refractivity contribution in [3.05, 3.63) is 59.4 Å². The Morgan fingerprint density at radius 2 is 1.81 bits per heavy atom. The lowest BCUT2D eigenvalue weighted by Crippen LogP contribution is -2.64. The second kappa shape index (κ2) is 8.96. The maximum absolute atomic E-state index is 13.5. The molecule has 2 fully saturated rings. The van der Waals surface area contributed by atoms with Crippen LogP contribution in [0.25, 0.3) is 5.57 Å². The molecule has 4 rings (SSSR count). The summed E-state index contributed by atoms with van der Waals surface area (Å²) < 4.78 is 13.3. The van der Waals surface area contributed by atoms with Crippen LogP contribution in [-0.4, -0.2) is 73.2 Å². The van der Waals surface area contributed by atoms with Crippen molar-refractivity contribution in [3.63, 3.8) is 0 Å². The fourth-order valence-electron chi connectivity index (χ4n) is 4.65. The summed E-state index contributed by atoms with van der Waals surface area (Å²) in [6.45, 7) is 9.79. The molecule has 1 saturated heterocycles. The van der Waals surface area contributed by atoms with Gasteiger partial charge in [0, 0.05) is 25.2 Å². The van der Waals surface area contributed by atoms with E-state index in [1.807, 2.05) is 13.8 Å². The Balaban J connectivity index is 1.55. The van der Waals surface area contributed by atoms with Crippen molar-refractivity contribution in [2.24, 2.45) is 5.41 Å². The van der Waals surface area contributed by atoms with E-state index >= 15 is 0 Å². The number of piperazine rings is 1. The molecule has 9 heteroatoms. The third kappa shape index (κ3) is 5.11. The summed E-state index contributed by atoms with van der Waals surface area (Å²) in [4.78, 5) is 37.0. The molecule has 0 radical (unpaired) electrons. The molecule has 3 N–H and O–H groups in total. The summed E-state index contributed by atoms with van der Waals surface area (Å²) in [5.41, 5.74) is -0.235. The number of allylic oxidation sites excluding steroid dienone is 2. The van der Waals surface area contributed by atoms with Gasteiger partial charge >= 0.3 is 0 Å². The predicted octanol–water partition coefficient (Wildman–Crippen LogP) is 3.63. The van der Waals surface area contributed by atoms with Gasteiger partial charge in [0.1, 0.15) is 22.9 Å². The minimum absolute atomic E-state index is 0.146. The fourth-order valence-corrected chi connectivity index (χ4v) is 4.65. The smallest absolute Gasteiger partial charge is 0.272 e. The lowest BCUT2D eigenvalue weighted by atomic mass is 9.94. The van der Waals surface area contributed by atoms with E-state index in [4.69, 9.17) is 5.41 Å². The van der Waals surface area contributed by atoms with Crippen molar-refractivity contribution in [1.29, 1.82) is 5.41 Å². The Morgan fingerprint density at radius 3 is 2.36 bits per heavy atom. The number of hydrogen-bond donors (Lipinski definition) is 3. The average Bonchev–Trinajstić information content (AvgIpc) is 3.35. The first kappa shape index (κ1) is 25.8. The summed E-state index contributed by atoms with van der Waals surface area (Å²) in [5, 5.41) is 18.6. The van der Waals surface area contributed by atoms with Crippen LogP contribution >= 0.6 is 0 Å². The Bertz CT molecular complexity index is 1220. The van der Waals surface area contributed by atoms with Gasteiger partial charge < -0.3 is 25.3 Å². The molecule has 192 valence electrons. The van der Waals surface area contributed by atoms with Crippen molar-refractivity contribution in [3.8, 4) is 0 Å². The highest BCUT2D eigenvalue weighted by Crippen LogP contribution is 2.54. The molecule has 1 aromatic carbocycles. The van der Waals surface area contributed by atoms with Crippen LogP contribution in [0.5, 0.6) is 0 Å². The van der Waals surface area contributed by atoms with Gasteiger partial charge in [0.25, 0.3) is 11.8 Å². The van der Waals surface area contributed by atoms with E-state index in [1.54, 1.807) is 28.0 Å². The summed E-state index contributed by atoms with van der Waals surface area (Å²) in [5.74, 6) is -0.392. The van der Waals surface area contributed by atoms with Crippen molar-refractivity contribution >= 4 is 23.1 Å². The van der Waals surface area contributed by atoms with Gasteiger partial charge in [-0.1, -0.05) is 6.92 Å². The van der Waals surface area contributed by atoms with Gasteiger partial charge in [-0.05, 0) is 81.9 Å². The molecule has 0 bridgehead atoms. The Labute approximate surface area is 210 Å². The lowest BCUT2D eigenvalue weighted by molar-refractivity contribution is -0.152. The molecule has 2 aromatic rings. The van der Waals surface area contributed by atoms with E-state index in [0.29, 0.717) is 36.7 Å². The second-order valence-electron chi connectivity index (χ2n) is 11.2. The molecule has 8 nitrogen and oxygen atoms in total. The van der Waals surface area contributed by atoms with Crippen molar-refractivity contribution < 1.29 is 19.1 Å². The van der Waals surface area contributed by atoms with Gasteiger partial charge in [-0.25, -0.2) is 9.37 Å². The molecule has 0 atom stereocenters. The molecular weight excluding hydrogens is 461 g/mol. The zero-order valence-corrected chi connectivity index (χ0v) is 21.5. The van der Waals surface area contributed by atoms with Crippen LogP contribution in [0.15, 0.2) is 36.5 Å². The third-order valence-corrected chi connectivity index (χ3v) is 7.11. The maximum atomic E-state index is 13.5. The first-order chi connectivity index (χ1) is 16.7. The zero-order chi connectivity index (χ0) is 26.5. The number of carbonyl (C=O) groups is 2. The van der Waals surface area contributed by atoms with Crippen LogP contribution < -0.4 is 0 Å². The number of nitrogens with zero attached hydrogens (tertiary/aromatic N) is 3. The molecular formula is C27H34FN5O3.